The van der Waals surface area contributed by atoms with Crippen molar-refractivity contribution in [1.29, 1.82) is 0 Å². The Kier molecular flexibility index (Phi) is 2.66. The lowest BCUT2D eigenvalue weighted by Gasteiger charge is -2.09. The van der Waals surface area contributed by atoms with E-state index in [2.05, 4.69) is 39.3 Å². The molecule has 0 aliphatic heterocycles. The van der Waals surface area contributed by atoms with E-state index in [4.69, 9.17) is 0 Å². The Hall–Kier alpha value is -2.44. The molecule has 0 atom stereocenters. The highest BCUT2D eigenvalue weighted by molar-refractivity contribution is 5.68. The van der Waals surface area contributed by atoms with Crippen molar-refractivity contribution >= 4 is 17.2 Å². The Labute approximate surface area is 110 Å². The van der Waals surface area contributed by atoms with E-state index in [0.717, 1.165) is 11.4 Å². The van der Waals surface area contributed by atoms with Crippen LogP contribution in [-0.4, -0.2) is 29.4 Å². The first-order chi connectivity index (χ1) is 9.13. The number of nitrogens with zero attached hydrogens (tertiary/aromatic N) is 6. The molecular formula is C12H15N7. The van der Waals surface area contributed by atoms with Crippen molar-refractivity contribution in [3.63, 3.8) is 0 Å². The van der Waals surface area contributed by atoms with Crippen molar-refractivity contribution in [2.45, 2.75) is 19.8 Å². The van der Waals surface area contributed by atoms with Gasteiger partial charge in [0.25, 0.3) is 0 Å². The zero-order valence-electron chi connectivity index (χ0n) is 11.1. The highest BCUT2D eigenvalue weighted by atomic mass is 15.3. The summed E-state index contributed by atoms with van der Waals surface area (Å²) in [7, 11) is 1.87. The van der Waals surface area contributed by atoms with Gasteiger partial charge < -0.3 is 5.32 Å². The zero-order valence-corrected chi connectivity index (χ0v) is 11.1. The lowest BCUT2D eigenvalue weighted by molar-refractivity contribution is 0.768. The average molecular weight is 257 g/mol. The Bertz CT molecular complexity index is 710. The van der Waals surface area contributed by atoms with Gasteiger partial charge in [-0.1, -0.05) is 13.8 Å². The molecule has 0 amide bonds. The summed E-state index contributed by atoms with van der Waals surface area (Å²) in [6.45, 7) is 4.19. The van der Waals surface area contributed by atoms with Crippen molar-refractivity contribution < 1.29 is 0 Å². The van der Waals surface area contributed by atoms with Crippen molar-refractivity contribution in [2.24, 2.45) is 7.05 Å². The highest BCUT2D eigenvalue weighted by Gasteiger charge is 2.11. The van der Waals surface area contributed by atoms with Gasteiger partial charge in [-0.2, -0.15) is 10.2 Å². The van der Waals surface area contributed by atoms with E-state index < -0.39 is 0 Å². The highest BCUT2D eigenvalue weighted by Crippen LogP contribution is 2.21. The van der Waals surface area contributed by atoms with Crippen LogP contribution in [0.4, 0.5) is 11.5 Å². The summed E-state index contributed by atoms with van der Waals surface area (Å²) < 4.78 is 3.47. The molecule has 0 aromatic carbocycles. The van der Waals surface area contributed by atoms with E-state index in [1.54, 1.807) is 15.4 Å². The molecular weight excluding hydrogens is 242 g/mol. The van der Waals surface area contributed by atoms with Gasteiger partial charge >= 0.3 is 0 Å². The summed E-state index contributed by atoms with van der Waals surface area (Å²) in [6.07, 6.45) is 7.06. The molecule has 0 unspecified atom stereocenters. The standard InChI is InChI=1S/C12H15N7/c1-8(2)10-6-19-12(13-7-15-19)11(17-10)16-9-4-14-18(3)5-9/h4-8H,1-3H3,(H,16,17). The van der Waals surface area contributed by atoms with Crippen LogP contribution in [0, 0.1) is 0 Å². The minimum atomic E-state index is 0.322. The van der Waals surface area contributed by atoms with Gasteiger partial charge in [-0.25, -0.2) is 14.5 Å². The lowest BCUT2D eigenvalue weighted by Crippen LogP contribution is -2.04. The third-order valence-corrected chi connectivity index (χ3v) is 2.84. The van der Waals surface area contributed by atoms with E-state index in [9.17, 15) is 0 Å². The van der Waals surface area contributed by atoms with Crippen molar-refractivity contribution in [2.75, 3.05) is 5.32 Å². The quantitative estimate of drug-likeness (QED) is 0.773. The third-order valence-electron chi connectivity index (χ3n) is 2.84. The molecule has 0 saturated carbocycles. The number of rotatable bonds is 3. The molecule has 7 heteroatoms. The molecule has 0 fully saturated rings. The number of fused-ring (bicyclic) bond motifs is 1. The number of aromatic nitrogens is 6. The van der Waals surface area contributed by atoms with Gasteiger partial charge in [0.15, 0.2) is 11.5 Å². The first kappa shape index (κ1) is 11.6. The van der Waals surface area contributed by atoms with Gasteiger partial charge in [-0.3, -0.25) is 4.68 Å². The zero-order chi connectivity index (χ0) is 13.4. The molecule has 7 nitrogen and oxygen atoms in total. The number of nitrogens with one attached hydrogen (secondary N) is 1. The van der Waals surface area contributed by atoms with Crippen molar-refractivity contribution in [3.05, 3.63) is 30.6 Å². The summed E-state index contributed by atoms with van der Waals surface area (Å²) >= 11 is 0. The van der Waals surface area contributed by atoms with E-state index >= 15 is 0 Å². The second-order valence-corrected chi connectivity index (χ2v) is 4.72. The second-order valence-electron chi connectivity index (χ2n) is 4.72. The minimum absolute atomic E-state index is 0.322. The summed E-state index contributed by atoms with van der Waals surface area (Å²) in [5, 5.41) is 11.5. The Morgan fingerprint density at radius 3 is 2.74 bits per heavy atom. The van der Waals surface area contributed by atoms with Gasteiger partial charge in [0, 0.05) is 13.2 Å². The fraction of sp³-hybridized carbons (Fsp3) is 0.333. The van der Waals surface area contributed by atoms with Crippen LogP contribution in [0.5, 0.6) is 0 Å². The molecule has 0 aliphatic carbocycles. The maximum Gasteiger partial charge on any atom is 0.198 e. The molecule has 0 aliphatic rings. The van der Waals surface area contributed by atoms with E-state index in [-0.39, 0.29) is 0 Å². The molecule has 98 valence electrons. The SMILES string of the molecule is CC(C)c1cn2ncnc2c(Nc2cnn(C)c2)n1. The fourth-order valence-corrected chi connectivity index (χ4v) is 1.83. The minimum Gasteiger partial charge on any atom is -0.334 e. The van der Waals surface area contributed by atoms with Gasteiger partial charge in [0.05, 0.1) is 23.8 Å². The Morgan fingerprint density at radius 1 is 1.21 bits per heavy atom. The van der Waals surface area contributed by atoms with Crippen LogP contribution in [0.2, 0.25) is 0 Å². The number of anilines is 2. The van der Waals surface area contributed by atoms with Crippen LogP contribution in [0.15, 0.2) is 24.9 Å². The Balaban J connectivity index is 2.07. The molecule has 0 spiro atoms. The topological polar surface area (TPSA) is 72.9 Å². The average Bonchev–Trinajstić information content (AvgIpc) is 2.97. The third kappa shape index (κ3) is 2.14. The molecule has 0 saturated heterocycles. The molecule has 3 rings (SSSR count). The van der Waals surface area contributed by atoms with E-state index in [1.165, 1.54) is 6.33 Å². The van der Waals surface area contributed by atoms with Crippen LogP contribution >= 0.6 is 0 Å². The normalized spacial score (nSPS) is 11.4. The molecule has 3 aromatic heterocycles. The lowest BCUT2D eigenvalue weighted by atomic mass is 10.1. The first-order valence-corrected chi connectivity index (χ1v) is 6.09. The largest absolute Gasteiger partial charge is 0.334 e. The molecule has 1 N–H and O–H groups in total. The number of aryl methyl sites for hydroxylation is 1. The van der Waals surface area contributed by atoms with Crippen LogP contribution in [-0.2, 0) is 7.05 Å². The van der Waals surface area contributed by atoms with Crippen molar-refractivity contribution in [1.82, 2.24) is 29.4 Å². The monoisotopic (exact) mass is 257 g/mol. The first-order valence-electron chi connectivity index (χ1n) is 6.09. The molecule has 3 heterocycles. The molecule has 19 heavy (non-hydrogen) atoms. The predicted molar refractivity (Wildman–Crippen MR) is 71.4 cm³/mol. The maximum absolute atomic E-state index is 4.61. The Morgan fingerprint density at radius 2 is 2.05 bits per heavy atom. The summed E-state index contributed by atoms with van der Waals surface area (Å²) in [6, 6.07) is 0. The second kappa shape index (κ2) is 4.34. The maximum atomic E-state index is 4.61. The number of hydrogen-bond donors (Lipinski definition) is 1. The molecule has 3 aromatic rings. The molecule has 0 radical (unpaired) electrons. The van der Waals surface area contributed by atoms with Crippen molar-refractivity contribution in [3.8, 4) is 0 Å². The fourth-order valence-electron chi connectivity index (χ4n) is 1.83. The number of hydrogen-bond acceptors (Lipinski definition) is 5. The smallest absolute Gasteiger partial charge is 0.198 e. The predicted octanol–water partition coefficient (Wildman–Crippen LogP) is 1.72. The summed E-state index contributed by atoms with van der Waals surface area (Å²) in [5.74, 6) is 1.01. The van der Waals surface area contributed by atoms with Crippen LogP contribution in [0.3, 0.4) is 0 Å². The van der Waals surface area contributed by atoms with Gasteiger partial charge in [-0.15, -0.1) is 0 Å². The molecule has 0 bridgehead atoms. The van der Waals surface area contributed by atoms with Crippen LogP contribution in [0.1, 0.15) is 25.5 Å². The van der Waals surface area contributed by atoms with Crippen LogP contribution in [0.25, 0.3) is 5.65 Å². The van der Waals surface area contributed by atoms with Crippen LogP contribution < -0.4 is 5.32 Å². The van der Waals surface area contributed by atoms with E-state index in [0.29, 0.717) is 17.4 Å². The van der Waals surface area contributed by atoms with Gasteiger partial charge in [0.2, 0.25) is 0 Å². The van der Waals surface area contributed by atoms with Gasteiger partial charge in [0.1, 0.15) is 6.33 Å². The van der Waals surface area contributed by atoms with E-state index in [1.807, 2.05) is 19.4 Å². The summed E-state index contributed by atoms with van der Waals surface area (Å²) in [4.78, 5) is 8.83. The summed E-state index contributed by atoms with van der Waals surface area (Å²) in [5.41, 5.74) is 2.54. The van der Waals surface area contributed by atoms with Gasteiger partial charge in [-0.05, 0) is 5.92 Å².